The van der Waals surface area contributed by atoms with E-state index in [1.54, 1.807) is 0 Å². The second-order valence-electron chi connectivity index (χ2n) is 11.2. The third-order valence-corrected chi connectivity index (χ3v) is 8.70. The molecule has 5 unspecified atom stereocenters. The van der Waals surface area contributed by atoms with Crippen LogP contribution in [0.5, 0.6) is 5.75 Å². The van der Waals surface area contributed by atoms with Crippen LogP contribution in [0.2, 0.25) is 5.02 Å². The summed E-state index contributed by atoms with van der Waals surface area (Å²) in [7, 11) is 0. The molecule has 5 atom stereocenters. The second kappa shape index (κ2) is 13.0. The summed E-state index contributed by atoms with van der Waals surface area (Å²) in [5, 5.41) is 11.2. The zero-order valence-electron chi connectivity index (χ0n) is 23.8. The van der Waals surface area contributed by atoms with Crippen molar-refractivity contribution < 1.29 is 24.1 Å². The summed E-state index contributed by atoms with van der Waals surface area (Å²) in [6, 6.07) is 34.5. The van der Waals surface area contributed by atoms with Crippen LogP contribution in [-0.2, 0) is 33.8 Å². The Morgan fingerprint density at radius 2 is 1.45 bits per heavy atom. The Morgan fingerprint density at radius 3 is 2.07 bits per heavy atom. The van der Waals surface area contributed by atoms with Crippen LogP contribution >= 0.6 is 11.6 Å². The van der Waals surface area contributed by atoms with E-state index in [9.17, 15) is 5.11 Å². The fourth-order valence-electron chi connectivity index (χ4n) is 5.99. The largest absolute Gasteiger partial charge is 0.494 e. The van der Waals surface area contributed by atoms with Crippen molar-refractivity contribution in [3.05, 3.63) is 136 Å². The quantitative estimate of drug-likeness (QED) is 0.189. The fraction of sp³-hybridized carbons (Fsp3) is 0.333. The number of aliphatic hydroxyl groups excluding tert-OH is 1. The maximum Gasteiger partial charge on any atom is 0.119 e. The van der Waals surface area contributed by atoms with E-state index < -0.39 is 11.7 Å². The average Bonchev–Trinajstić information content (AvgIpc) is 3.77. The van der Waals surface area contributed by atoms with Crippen LogP contribution in [0.1, 0.15) is 47.3 Å². The van der Waals surface area contributed by atoms with Crippen molar-refractivity contribution in [2.45, 2.75) is 56.9 Å². The van der Waals surface area contributed by atoms with E-state index in [2.05, 4.69) is 42.5 Å². The van der Waals surface area contributed by atoms with Crippen molar-refractivity contribution in [1.82, 2.24) is 0 Å². The SMILES string of the molecule is CCOc1ccc(Cc2cc(C3OC4(CO)CC4C(OCc4ccccc4)C3OCc3ccccc3)ccc2Cl)cc1. The van der Waals surface area contributed by atoms with Crippen LogP contribution in [0.15, 0.2) is 103 Å². The van der Waals surface area contributed by atoms with Crippen LogP contribution in [-0.4, -0.2) is 36.1 Å². The number of fused-ring (bicyclic) bond motifs is 1. The van der Waals surface area contributed by atoms with Crippen LogP contribution in [0, 0.1) is 5.92 Å². The highest BCUT2D eigenvalue weighted by Crippen LogP contribution is 2.58. The molecule has 6 rings (SSSR count). The molecule has 1 saturated heterocycles. The van der Waals surface area contributed by atoms with Gasteiger partial charge in [-0.1, -0.05) is 96.5 Å². The number of hydrogen-bond donors (Lipinski definition) is 1. The van der Waals surface area contributed by atoms with Gasteiger partial charge in [0.15, 0.2) is 0 Å². The molecule has 1 aliphatic carbocycles. The van der Waals surface area contributed by atoms with Crippen molar-refractivity contribution in [1.29, 1.82) is 0 Å². The third-order valence-electron chi connectivity index (χ3n) is 8.33. The summed E-state index contributed by atoms with van der Waals surface area (Å²) in [6.07, 6.45) is 0.350. The Balaban J connectivity index is 1.30. The van der Waals surface area contributed by atoms with Gasteiger partial charge in [0, 0.05) is 10.9 Å². The highest BCUT2D eigenvalue weighted by atomic mass is 35.5. The van der Waals surface area contributed by atoms with Crippen LogP contribution < -0.4 is 4.74 Å². The fourth-order valence-corrected chi connectivity index (χ4v) is 6.17. The molecule has 5 nitrogen and oxygen atoms in total. The van der Waals surface area contributed by atoms with E-state index in [1.165, 1.54) is 0 Å². The summed E-state index contributed by atoms with van der Waals surface area (Å²) < 4.78 is 25.6. The molecule has 1 heterocycles. The Kier molecular flexibility index (Phi) is 8.94. The van der Waals surface area contributed by atoms with Gasteiger partial charge in [0.25, 0.3) is 0 Å². The highest BCUT2D eigenvalue weighted by molar-refractivity contribution is 6.31. The normalized spacial score (nSPS) is 24.6. The Hall–Kier alpha value is -3.19. The van der Waals surface area contributed by atoms with Crippen molar-refractivity contribution >= 4 is 11.6 Å². The Bertz CT molecular complexity index is 1450. The van der Waals surface area contributed by atoms with Gasteiger partial charge in [-0.2, -0.15) is 0 Å². The summed E-state index contributed by atoms with van der Waals surface area (Å²) in [5.41, 5.74) is 4.65. The van der Waals surface area contributed by atoms with Gasteiger partial charge in [-0.25, -0.2) is 0 Å². The van der Waals surface area contributed by atoms with Crippen molar-refractivity contribution in [3.63, 3.8) is 0 Å². The number of hydrogen-bond acceptors (Lipinski definition) is 5. The zero-order chi connectivity index (χ0) is 28.9. The molecule has 4 aromatic carbocycles. The molecule has 1 N–H and O–H groups in total. The maximum atomic E-state index is 10.5. The van der Waals surface area contributed by atoms with E-state index in [-0.39, 0.29) is 24.7 Å². The first-order chi connectivity index (χ1) is 20.6. The van der Waals surface area contributed by atoms with E-state index in [0.29, 0.717) is 31.3 Å². The molecule has 6 heteroatoms. The molecule has 4 aromatic rings. The molecule has 0 spiro atoms. The van der Waals surface area contributed by atoms with Crippen molar-refractivity contribution in [2.75, 3.05) is 13.2 Å². The van der Waals surface area contributed by atoms with Crippen LogP contribution in [0.25, 0.3) is 0 Å². The minimum absolute atomic E-state index is 0.0545. The third kappa shape index (κ3) is 6.41. The summed E-state index contributed by atoms with van der Waals surface area (Å²) in [4.78, 5) is 0. The first-order valence-corrected chi connectivity index (χ1v) is 15.1. The monoisotopic (exact) mass is 584 g/mol. The molecule has 2 fully saturated rings. The molecule has 218 valence electrons. The number of benzene rings is 4. The van der Waals surface area contributed by atoms with E-state index in [4.69, 9.17) is 30.5 Å². The predicted molar refractivity (Wildman–Crippen MR) is 164 cm³/mol. The van der Waals surface area contributed by atoms with Gasteiger partial charge in [0.1, 0.15) is 18.0 Å². The van der Waals surface area contributed by atoms with Crippen LogP contribution in [0.3, 0.4) is 0 Å². The van der Waals surface area contributed by atoms with Gasteiger partial charge in [-0.15, -0.1) is 0 Å². The van der Waals surface area contributed by atoms with Crippen molar-refractivity contribution in [2.24, 2.45) is 5.92 Å². The lowest BCUT2D eigenvalue weighted by atomic mass is 9.91. The molecule has 0 amide bonds. The highest BCUT2D eigenvalue weighted by Gasteiger charge is 2.66. The first kappa shape index (κ1) is 28.9. The molecule has 2 aliphatic rings. The lowest BCUT2D eigenvalue weighted by Crippen LogP contribution is -2.48. The van der Waals surface area contributed by atoms with Gasteiger partial charge in [0.2, 0.25) is 0 Å². The maximum absolute atomic E-state index is 10.5. The van der Waals surface area contributed by atoms with Gasteiger partial charge < -0.3 is 24.1 Å². The summed E-state index contributed by atoms with van der Waals surface area (Å²) in [6.45, 7) is 3.45. The molecule has 1 saturated carbocycles. The van der Waals surface area contributed by atoms with Crippen LogP contribution in [0.4, 0.5) is 0 Å². The summed E-state index contributed by atoms with van der Waals surface area (Å²) in [5.74, 6) is 0.906. The predicted octanol–water partition coefficient (Wildman–Crippen LogP) is 7.32. The van der Waals surface area contributed by atoms with E-state index in [0.717, 1.165) is 40.0 Å². The number of aliphatic hydroxyl groups is 1. The average molecular weight is 585 g/mol. The van der Waals surface area contributed by atoms with Crippen molar-refractivity contribution in [3.8, 4) is 5.75 Å². The van der Waals surface area contributed by atoms with Gasteiger partial charge in [0.05, 0.1) is 38.1 Å². The molecule has 42 heavy (non-hydrogen) atoms. The van der Waals surface area contributed by atoms with Gasteiger partial charge in [-0.3, -0.25) is 0 Å². The van der Waals surface area contributed by atoms with Gasteiger partial charge >= 0.3 is 0 Å². The lowest BCUT2D eigenvalue weighted by Gasteiger charge is -2.41. The molecular weight excluding hydrogens is 548 g/mol. The minimum atomic E-state index is -0.631. The topological polar surface area (TPSA) is 57.2 Å². The molecule has 1 aliphatic heterocycles. The second-order valence-corrected chi connectivity index (χ2v) is 11.6. The molecule has 0 aromatic heterocycles. The number of halogens is 1. The molecular formula is C36H37ClO5. The zero-order valence-corrected chi connectivity index (χ0v) is 24.6. The lowest BCUT2D eigenvalue weighted by molar-refractivity contribution is -0.220. The minimum Gasteiger partial charge on any atom is -0.494 e. The summed E-state index contributed by atoms with van der Waals surface area (Å²) >= 11 is 6.72. The smallest absolute Gasteiger partial charge is 0.119 e. The first-order valence-electron chi connectivity index (χ1n) is 14.7. The Morgan fingerprint density at radius 1 is 0.810 bits per heavy atom. The van der Waals surface area contributed by atoms with E-state index >= 15 is 0 Å². The van der Waals surface area contributed by atoms with E-state index in [1.807, 2.05) is 67.6 Å². The Labute approximate surface area is 253 Å². The molecule has 0 bridgehead atoms. The number of ether oxygens (including phenoxy) is 4. The standard InChI is InChI=1S/C36H37ClO5/c1-2-39-30-16-13-25(14-17-30)19-29-20-28(15-18-32(29)37)33-35(41-23-27-11-7-4-8-12-27)34(31-21-36(31,24-38)42-33)40-22-26-9-5-3-6-10-26/h3-18,20,31,33-35,38H,2,19,21-24H2,1H3. The van der Waals surface area contributed by atoms with Gasteiger partial charge in [-0.05, 0) is 65.8 Å². The molecule has 0 radical (unpaired) electrons. The number of rotatable bonds is 12.